The van der Waals surface area contributed by atoms with E-state index in [0.29, 0.717) is 32.8 Å². The van der Waals surface area contributed by atoms with E-state index < -0.39 is 0 Å². The van der Waals surface area contributed by atoms with Gasteiger partial charge in [-0.05, 0) is 29.5 Å². The zero-order valence-electron chi connectivity index (χ0n) is 21.2. The fourth-order valence-electron chi connectivity index (χ4n) is 5.36. The molecule has 3 aromatic carbocycles. The largest absolute Gasteiger partial charge is 0.374 e. The van der Waals surface area contributed by atoms with Crippen molar-refractivity contribution >= 4 is 5.78 Å². The van der Waals surface area contributed by atoms with Crippen molar-refractivity contribution in [1.29, 1.82) is 0 Å². The zero-order valence-corrected chi connectivity index (χ0v) is 21.2. The molecule has 1 unspecified atom stereocenters. The summed E-state index contributed by atoms with van der Waals surface area (Å²) in [4.78, 5) is 13.0. The summed E-state index contributed by atoms with van der Waals surface area (Å²) >= 11 is 0. The molecule has 0 N–H and O–H groups in total. The maximum absolute atomic E-state index is 13.0. The minimum absolute atomic E-state index is 0.170. The number of ether oxygens (including phenoxy) is 4. The van der Waals surface area contributed by atoms with Crippen molar-refractivity contribution < 1.29 is 23.7 Å². The number of ketones is 1. The topological polar surface area (TPSA) is 54.0 Å². The first-order chi connectivity index (χ1) is 18.3. The zero-order chi connectivity index (χ0) is 25.3. The minimum Gasteiger partial charge on any atom is -0.374 e. The summed E-state index contributed by atoms with van der Waals surface area (Å²) < 4.78 is 25.8. The second-order valence-electron chi connectivity index (χ2n) is 9.98. The third kappa shape index (κ3) is 6.93. The Kier molecular flexibility index (Phi) is 9.14. The van der Waals surface area contributed by atoms with Gasteiger partial charge in [0, 0.05) is 12.3 Å². The van der Waals surface area contributed by atoms with Gasteiger partial charge in [-0.3, -0.25) is 4.79 Å². The third-order valence-corrected chi connectivity index (χ3v) is 7.31. The number of benzene rings is 3. The molecule has 1 aliphatic carbocycles. The van der Waals surface area contributed by atoms with Crippen LogP contribution in [-0.4, -0.2) is 36.8 Å². The molecular weight excluding hydrogens is 464 g/mol. The quantitative estimate of drug-likeness (QED) is 0.328. The molecule has 5 heteroatoms. The van der Waals surface area contributed by atoms with Gasteiger partial charge in [-0.2, -0.15) is 0 Å². The molecular formula is C32H36O5. The Hall–Kier alpha value is -2.83. The van der Waals surface area contributed by atoms with Crippen LogP contribution in [0.2, 0.25) is 0 Å². The molecule has 3 aromatic rings. The van der Waals surface area contributed by atoms with Gasteiger partial charge >= 0.3 is 0 Å². The van der Waals surface area contributed by atoms with E-state index >= 15 is 0 Å². The van der Waals surface area contributed by atoms with Gasteiger partial charge in [0.05, 0.1) is 32.5 Å². The molecule has 0 bridgehead atoms. The van der Waals surface area contributed by atoms with E-state index in [2.05, 4.69) is 24.3 Å². The van der Waals surface area contributed by atoms with Gasteiger partial charge < -0.3 is 18.9 Å². The number of hydrogen-bond donors (Lipinski definition) is 0. The number of hydrogen-bond acceptors (Lipinski definition) is 5. The van der Waals surface area contributed by atoms with Crippen molar-refractivity contribution in [3.05, 3.63) is 108 Å². The third-order valence-electron chi connectivity index (χ3n) is 7.31. The molecule has 2 aliphatic rings. The van der Waals surface area contributed by atoms with E-state index in [0.717, 1.165) is 36.0 Å². The van der Waals surface area contributed by atoms with Crippen LogP contribution < -0.4 is 0 Å². The van der Waals surface area contributed by atoms with Gasteiger partial charge in [0.2, 0.25) is 0 Å². The van der Waals surface area contributed by atoms with Crippen LogP contribution in [0.3, 0.4) is 0 Å². The molecule has 1 saturated heterocycles. The summed E-state index contributed by atoms with van der Waals surface area (Å²) in [6.07, 6.45) is 2.05. The number of carbonyl (C=O) groups is 1. The van der Waals surface area contributed by atoms with E-state index in [1.807, 2.05) is 66.7 Å². The summed E-state index contributed by atoms with van der Waals surface area (Å²) in [6.45, 7) is 1.75. The molecule has 1 aliphatic heterocycles. The van der Waals surface area contributed by atoms with Crippen LogP contribution in [0.15, 0.2) is 91.0 Å². The summed E-state index contributed by atoms with van der Waals surface area (Å²) in [5.74, 6) is 0.105. The van der Waals surface area contributed by atoms with Crippen LogP contribution in [0.25, 0.3) is 0 Å². The fraction of sp³-hybridized carbons (Fsp3) is 0.406. The maximum Gasteiger partial charge on any atom is 0.138 e. The molecule has 0 spiro atoms. The normalized spacial score (nSPS) is 25.8. The molecule has 5 rings (SSSR count). The minimum atomic E-state index is -0.360. The van der Waals surface area contributed by atoms with Crippen molar-refractivity contribution in [3.63, 3.8) is 0 Å². The smallest absolute Gasteiger partial charge is 0.138 e. The van der Waals surface area contributed by atoms with E-state index in [1.165, 1.54) is 0 Å². The molecule has 0 radical (unpaired) electrons. The van der Waals surface area contributed by atoms with Gasteiger partial charge in [-0.25, -0.2) is 0 Å². The lowest BCUT2D eigenvalue weighted by atomic mass is 9.82. The highest BCUT2D eigenvalue weighted by Gasteiger charge is 2.51. The van der Waals surface area contributed by atoms with E-state index in [4.69, 9.17) is 18.9 Å². The first-order valence-corrected chi connectivity index (χ1v) is 13.4. The lowest BCUT2D eigenvalue weighted by Gasteiger charge is -2.30. The fourth-order valence-corrected chi connectivity index (χ4v) is 5.36. The Labute approximate surface area is 219 Å². The first kappa shape index (κ1) is 25.8. The molecule has 5 atom stereocenters. The predicted octanol–water partition coefficient (Wildman–Crippen LogP) is 5.90. The lowest BCUT2D eigenvalue weighted by Crippen LogP contribution is -2.43. The van der Waals surface area contributed by atoms with Crippen LogP contribution in [0.1, 0.15) is 42.4 Å². The maximum atomic E-state index is 13.0. The van der Waals surface area contributed by atoms with Crippen LogP contribution in [-0.2, 0) is 43.6 Å². The van der Waals surface area contributed by atoms with Gasteiger partial charge in [0.15, 0.2) is 0 Å². The van der Waals surface area contributed by atoms with Crippen LogP contribution >= 0.6 is 0 Å². The molecule has 194 valence electrons. The van der Waals surface area contributed by atoms with E-state index in [-0.39, 0.29) is 36.1 Å². The summed E-state index contributed by atoms with van der Waals surface area (Å²) in [6, 6.07) is 30.4. The van der Waals surface area contributed by atoms with Crippen molar-refractivity contribution in [1.82, 2.24) is 0 Å². The van der Waals surface area contributed by atoms with Crippen LogP contribution in [0, 0.1) is 5.92 Å². The van der Waals surface area contributed by atoms with Gasteiger partial charge in [-0.1, -0.05) is 97.4 Å². The molecule has 0 amide bonds. The van der Waals surface area contributed by atoms with E-state index in [1.54, 1.807) is 0 Å². The summed E-state index contributed by atoms with van der Waals surface area (Å²) in [5, 5.41) is 0. The highest BCUT2D eigenvalue weighted by molar-refractivity contribution is 5.82. The highest BCUT2D eigenvalue weighted by Crippen LogP contribution is 2.37. The van der Waals surface area contributed by atoms with Crippen LogP contribution in [0.4, 0.5) is 0 Å². The average Bonchev–Trinajstić information content (AvgIpc) is 3.29. The number of Topliss-reactive ketones (excluding diaryl/α,β-unsaturated/α-hetero) is 1. The first-order valence-electron chi connectivity index (χ1n) is 13.4. The monoisotopic (exact) mass is 500 g/mol. The van der Waals surface area contributed by atoms with Crippen LogP contribution in [0.5, 0.6) is 0 Å². The number of rotatable bonds is 11. The highest BCUT2D eigenvalue weighted by atomic mass is 16.6. The second kappa shape index (κ2) is 13.1. The van der Waals surface area contributed by atoms with Crippen molar-refractivity contribution in [2.75, 3.05) is 6.61 Å². The summed E-state index contributed by atoms with van der Waals surface area (Å²) in [5.41, 5.74) is 3.28. The van der Waals surface area contributed by atoms with Gasteiger partial charge in [0.1, 0.15) is 24.1 Å². The standard InChI is InChI=1S/C32H36O5/c33-28-19-11-10-18-27(28)30-32(36-22-26-16-8-3-9-17-26)31(35-21-25-14-6-2-7-15-25)29(37-30)23-34-20-24-12-4-1-5-13-24/h1-9,12-17,27,29-32H,10-11,18-23H2/t27?,29-,30+,31-,32+/m1/s1. The van der Waals surface area contributed by atoms with Crippen molar-refractivity contribution in [3.8, 4) is 0 Å². The SMILES string of the molecule is O=C1CCCCC1[C@@H]1O[C@H](COCc2ccccc2)[C@@H](OCc2ccccc2)[C@H]1OCc1ccccc1. The Bertz CT molecular complexity index is 1090. The molecule has 2 fully saturated rings. The Morgan fingerprint density at radius 1 is 0.676 bits per heavy atom. The molecule has 0 aromatic heterocycles. The molecule has 5 nitrogen and oxygen atoms in total. The van der Waals surface area contributed by atoms with Crippen molar-refractivity contribution in [2.24, 2.45) is 5.92 Å². The Morgan fingerprint density at radius 2 is 1.22 bits per heavy atom. The Balaban J connectivity index is 1.35. The second-order valence-corrected chi connectivity index (χ2v) is 9.98. The number of carbonyl (C=O) groups excluding carboxylic acids is 1. The van der Waals surface area contributed by atoms with E-state index in [9.17, 15) is 4.79 Å². The molecule has 1 saturated carbocycles. The summed E-state index contributed by atoms with van der Waals surface area (Å²) in [7, 11) is 0. The average molecular weight is 501 g/mol. The van der Waals surface area contributed by atoms with Gasteiger partial charge in [0.25, 0.3) is 0 Å². The van der Waals surface area contributed by atoms with Gasteiger partial charge in [-0.15, -0.1) is 0 Å². The Morgan fingerprint density at radius 3 is 1.78 bits per heavy atom. The lowest BCUT2D eigenvalue weighted by molar-refractivity contribution is -0.136. The molecule has 1 heterocycles. The predicted molar refractivity (Wildman–Crippen MR) is 142 cm³/mol. The van der Waals surface area contributed by atoms with Crippen molar-refractivity contribution in [2.45, 2.75) is 69.9 Å². The molecule has 37 heavy (non-hydrogen) atoms.